The van der Waals surface area contributed by atoms with E-state index >= 15 is 0 Å². The Morgan fingerprint density at radius 2 is 2.00 bits per heavy atom. The van der Waals surface area contributed by atoms with Gasteiger partial charge in [0.15, 0.2) is 0 Å². The Bertz CT molecular complexity index is 202. The quantitative estimate of drug-likeness (QED) is 0.783. The first-order valence-corrected chi connectivity index (χ1v) is 6.68. The maximum atomic E-state index is 5.21. The van der Waals surface area contributed by atoms with E-state index in [0.717, 1.165) is 18.4 Å². The molecule has 94 valence electrons. The monoisotopic (exact) mass is 226 g/mol. The molecule has 0 radical (unpaired) electrons. The van der Waals surface area contributed by atoms with Crippen molar-refractivity contribution in [1.29, 1.82) is 0 Å². The number of hydrogen-bond donors (Lipinski definition) is 1. The average Bonchev–Trinajstić information content (AvgIpc) is 2.70. The van der Waals surface area contributed by atoms with Crippen molar-refractivity contribution in [2.45, 2.75) is 31.7 Å². The van der Waals surface area contributed by atoms with Crippen molar-refractivity contribution in [3.8, 4) is 0 Å². The average molecular weight is 226 g/mol. The molecule has 2 unspecified atom stereocenters. The summed E-state index contributed by atoms with van der Waals surface area (Å²) in [6.07, 6.45) is 5.56. The van der Waals surface area contributed by atoms with Crippen molar-refractivity contribution >= 4 is 0 Å². The molecule has 0 spiro atoms. The van der Waals surface area contributed by atoms with Gasteiger partial charge in [-0.05, 0) is 64.2 Å². The molecule has 0 aliphatic carbocycles. The number of methoxy groups -OCH3 is 1. The molecule has 1 N–H and O–H groups in total. The van der Waals surface area contributed by atoms with Crippen molar-refractivity contribution in [1.82, 2.24) is 10.2 Å². The lowest BCUT2D eigenvalue weighted by molar-refractivity contribution is 0.169. The first kappa shape index (κ1) is 12.3. The minimum atomic E-state index is 0.612. The van der Waals surface area contributed by atoms with Gasteiger partial charge in [-0.2, -0.15) is 0 Å². The molecular formula is C13H26N2O. The topological polar surface area (TPSA) is 24.5 Å². The molecule has 3 nitrogen and oxygen atoms in total. The molecule has 2 heterocycles. The highest BCUT2D eigenvalue weighted by Gasteiger charge is 2.27. The highest BCUT2D eigenvalue weighted by Crippen LogP contribution is 2.28. The maximum Gasteiger partial charge on any atom is 0.0615 e. The molecule has 3 heteroatoms. The molecule has 0 aromatic rings. The van der Waals surface area contributed by atoms with Crippen LogP contribution in [0.1, 0.15) is 25.7 Å². The fourth-order valence-electron chi connectivity index (χ4n) is 3.18. The summed E-state index contributed by atoms with van der Waals surface area (Å²) in [5, 5.41) is 3.57. The summed E-state index contributed by atoms with van der Waals surface area (Å²) in [4.78, 5) is 2.46. The number of rotatable bonds is 4. The number of nitrogens with one attached hydrogen (secondary N) is 1. The third kappa shape index (κ3) is 3.44. The lowest BCUT2D eigenvalue weighted by Gasteiger charge is -2.30. The van der Waals surface area contributed by atoms with Crippen LogP contribution in [0.5, 0.6) is 0 Å². The largest absolute Gasteiger partial charge is 0.383 e. The molecule has 2 rings (SSSR count). The fourth-order valence-corrected chi connectivity index (χ4v) is 3.18. The Balaban J connectivity index is 1.67. The normalized spacial score (nSPS) is 33.4. The number of nitrogens with zero attached hydrogens (tertiary/aromatic N) is 1. The van der Waals surface area contributed by atoms with Crippen molar-refractivity contribution in [2.75, 3.05) is 40.4 Å². The summed E-state index contributed by atoms with van der Waals surface area (Å²) in [7, 11) is 4.04. The summed E-state index contributed by atoms with van der Waals surface area (Å²) in [6, 6.07) is 0.612. The fraction of sp³-hybridized carbons (Fsp3) is 1.00. The van der Waals surface area contributed by atoms with E-state index in [1.54, 1.807) is 7.11 Å². The van der Waals surface area contributed by atoms with Crippen LogP contribution in [0, 0.1) is 11.8 Å². The molecule has 0 saturated carbocycles. The van der Waals surface area contributed by atoms with Crippen LogP contribution in [-0.2, 0) is 4.74 Å². The Hall–Kier alpha value is -0.120. The third-order valence-corrected chi connectivity index (χ3v) is 4.19. The van der Waals surface area contributed by atoms with Crippen LogP contribution >= 0.6 is 0 Å². The SMILES string of the molecule is COCC1CC(CC2CCN(C)CC2)CN1. The lowest BCUT2D eigenvalue weighted by atomic mass is 9.86. The summed E-state index contributed by atoms with van der Waals surface area (Å²) < 4.78 is 5.21. The molecule has 2 atom stereocenters. The van der Waals surface area contributed by atoms with Gasteiger partial charge < -0.3 is 15.0 Å². The first-order chi connectivity index (χ1) is 7.78. The molecule has 2 fully saturated rings. The van der Waals surface area contributed by atoms with E-state index in [0.29, 0.717) is 6.04 Å². The second-order valence-electron chi connectivity index (χ2n) is 5.64. The second kappa shape index (κ2) is 5.99. The Kier molecular flexibility index (Phi) is 4.62. The summed E-state index contributed by atoms with van der Waals surface area (Å²) in [6.45, 7) is 4.68. The van der Waals surface area contributed by atoms with Gasteiger partial charge in [-0.25, -0.2) is 0 Å². The number of hydrogen-bond acceptors (Lipinski definition) is 3. The van der Waals surface area contributed by atoms with Gasteiger partial charge in [0.2, 0.25) is 0 Å². The summed E-state index contributed by atoms with van der Waals surface area (Å²) in [5.41, 5.74) is 0. The van der Waals surface area contributed by atoms with Gasteiger partial charge in [0.25, 0.3) is 0 Å². The van der Waals surface area contributed by atoms with Gasteiger partial charge in [0.05, 0.1) is 6.61 Å². The molecule has 0 aromatic carbocycles. The molecule has 0 aromatic heterocycles. The standard InChI is InChI=1S/C13H26N2O/c1-15-5-3-11(4-6-15)7-12-8-13(10-16-2)14-9-12/h11-14H,3-10H2,1-2H3. The van der Waals surface area contributed by atoms with Gasteiger partial charge in [-0.1, -0.05) is 0 Å². The first-order valence-electron chi connectivity index (χ1n) is 6.68. The Labute approximate surface area is 99.5 Å². The molecule has 16 heavy (non-hydrogen) atoms. The van der Waals surface area contributed by atoms with Crippen molar-refractivity contribution in [3.05, 3.63) is 0 Å². The van der Waals surface area contributed by atoms with Crippen LogP contribution in [0.4, 0.5) is 0 Å². The molecule has 0 bridgehead atoms. The predicted octanol–water partition coefficient (Wildman–Crippen LogP) is 1.34. The van der Waals surface area contributed by atoms with E-state index in [9.17, 15) is 0 Å². The highest BCUT2D eigenvalue weighted by atomic mass is 16.5. The minimum Gasteiger partial charge on any atom is -0.383 e. The van der Waals surface area contributed by atoms with E-state index in [-0.39, 0.29) is 0 Å². The van der Waals surface area contributed by atoms with Crippen LogP contribution in [0.3, 0.4) is 0 Å². The highest BCUT2D eigenvalue weighted by molar-refractivity contribution is 4.84. The summed E-state index contributed by atoms with van der Waals surface area (Å²) >= 11 is 0. The Morgan fingerprint density at radius 3 is 2.69 bits per heavy atom. The van der Waals surface area contributed by atoms with Crippen LogP contribution < -0.4 is 5.32 Å². The van der Waals surface area contributed by atoms with Gasteiger partial charge in [-0.15, -0.1) is 0 Å². The van der Waals surface area contributed by atoms with Crippen LogP contribution in [-0.4, -0.2) is 51.3 Å². The molecular weight excluding hydrogens is 200 g/mol. The number of likely N-dealkylation sites (tertiary alicyclic amines) is 1. The van der Waals surface area contributed by atoms with Crippen molar-refractivity contribution < 1.29 is 4.74 Å². The van der Waals surface area contributed by atoms with Crippen LogP contribution in [0.2, 0.25) is 0 Å². The zero-order valence-electron chi connectivity index (χ0n) is 10.7. The van der Waals surface area contributed by atoms with Crippen LogP contribution in [0.15, 0.2) is 0 Å². The zero-order valence-corrected chi connectivity index (χ0v) is 10.7. The number of ether oxygens (including phenoxy) is 1. The number of piperidine rings is 1. The second-order valence-corrected chi connectivity index (χ2v) is 5.64. The van der Waals surface area contributed by atoms with E-state index < -0.39 is 0 Å². The van der Waals surface area contributed by atoms with Gasteiger partial charge >= 0.3 is 0 Å². The van der Waals surface area contributed by atoms with Gasteiger partial charge in [0.1, 0.15) is 0 Å². The molecule has 2 aliphatic rings. The van der Waals surface area contributed by atoms with Gasteiger partial charge in [0, 0.05) is 13.2 Å². The zero-order chi connectivity index (χ0) is 11.4. The third-order valence-electron chi connectivity index (χ3n) is 4.19. The Morgan fingerprint density at radius 1 is 1.25 bits per heavy atom. The molecule has 0 amide bonds. The van der Waals surface area contributed by atoms with E-state index in [2.05, 4.69) is 17.3 Å². The van der Waals surface area contributed by atoms with Crippen molar-refractivity contribution in [3.63, 3.8) is 0 Å². The lowest BCUT2D eigenvalue weighted by Crippen LogP contribution is -2.31. The smallest absolute Gasteiger partial charge is 0.0615 e. The van der Waals surface area contributed by atoms with E-state index in [1.165, 1.54) is 45.3 Å². The van der Waals surface area contributed by atoms with E-state index in [1.807, 2.05) is 0 Å². The molecule has 2 saturated heterocycles. The summed E-state index contributed by atoms with van der Waals surface area (Å²) in [5.74, 6) is 1.87. The van der Waals surface area contributed by atoms with Crippen LogP contribution in [0.25, 0.3) is 0 Å². The maximum absolute atomic E-state index is 5.21. The van der Waals surface area contributed by atoms with E-state index in [4.69, 9.17) is 4.74 Å². The predicted molar refractivity (Wildman–Crippen MR) is 66.6 cm³/mol. The van der Waals surface area contributed by atoms with Crippen molar-refractivity contribution in [2.24, 2.45) is 11.8 Å². The molecule has 2 aliphatic heterocycles. The minimum absolute atomic E-state index is 0.612. The van der Waals surface area contributed by atoms with Gasteiger partial charge in [-0.3, -0.25) is 0 Å².